The minimum atomic E-state index is -0.505. The number of aryl methyl sites for hydroxylation is 2. The molecular formula is C21H39N5O3. The fourth-order valence-electron chi connectivity index (χ4n) is 2.92. The molecule has 3 N–H and O–H groups in total. The van der Waals surface area contributed by atoms with E-state index in [1.54, 1.807) is 7.05 Å². The van der Waals surface area contributed by atoms with Gasteiger partial charge in [0.1, 0.15) is 11.4 Å². The van der Waals surface area contributed by atoms with Crippen molar-refractivity contribution in [2.75, 3.05) is 20.1 Å². The van der Waals surface area contributed by atoms with E-state index in [2.05, 4.69) is 33.0 Å². The molecule has 0 saturated carbocycles. The van der Waals surface area contributed by atoms with Crippen molar-refractivity contribution in [1.82, 2.24) is 21.1 Å². The highest BCUT2D eigenvalue weighted by Gasteiger charge is 2.18. The Morgan fingerprint density at radius 2 is 1.97 bits per heavy atom. The summed E-state index contributed by atoms with van der Waals surface area (Å²) < 4.78 is 10.5. The molecule has 0 aliphatic carbocycles. The third-order valence-corrected chi connectivity index (χ3v) is 4.44. The maximum absolute atomic E-state index is 12.0. The van der Waals surface area contributed by atoms with Gasteiger partial charge in [0.25, 0.3) is 0 Å². The number of hydrogen-bond donors (Lipinski definition) is 3. The molecule has 0 saturated heterocycles. The second kappa shape index (κ2) is 12.3. The summed E-state index contributed by atoms with van der Waals surface area (Å²) in [6.45, 7) is 12.9. The molecule has 1 rings (SSSR count). The molecule has 1 atom stereocenters. The van der Waals surface area contributed by atoms with Crippen molar-refractivity contribution in [3.63, 3.8) is 0 Å². The third-order valence-electron chi connectivity index (χ3n) is 4.44. The molecule has 1 amide bonds. The lowest BCUT2D eigenvalue weighted by Gasteiger charge is -2.24. The Labute approximate surface area is 175 Å². The van der Waals surface area contributed by atoms with Crippen molar-refractivity contribution in [1.29, 1.82) is 0 Å². The first kappa shape index (κ1) is 24.8. The molecule has 1 unspecified atom stereocenters. The topological polar surface area (TPSA) is 101 Å². The predicted molar refractivity (Wildman–Crippen MR) is 116 cm³/mol. The van der Waals surface area contributed by atoms with E-state index in [1.165, 1.54) is 5.56 Å². The molecule has 1 aromatic rings. The molecule has 0 spiro atoms. The first-order valence-corrected chi connectivity index (χ1v) is 10.5. The van der Waals surface area contributed by atoms with E-state index in [4.69, 9.17) is 9.26 Å². The number of nitrogens with zero attached hydrogens (tertiary/aromatic N) is 2. The van der Waals surface area contributed by atoms with Gasteiger partial charge in [0.05, 0.1) is 5.69 Å². The summed E-state index contributed by atoms with van der Waals surface area (Å²) in [4.78, 5) is 16.3. The number of alkyl carbamates (subject to hydrolysis) is 1. The summed E-state index contributed by atoms with van der Waals surface area (Å²) in [7, 11) is 1.75. The minimum absolute atomic E-state index is 0.0798. The number of aromatic nitrogens is 1. The average molecular weight is 410 g/mol. The molecule has 8 heteroatoms. The van der Waals surface area contributed by atoms with Gasteiger partial charge in [-0.1, -0.05) is 24.9 Å². The Hall–Kier alpha value is -2.25. The van der Waals surface area contributed by atoms with Gasteiger partial charge >= 0.3 is 6.09 Å². The quantitative estimate of drug-likeness (QED) is 0.311. The summed E-state index contributed by atoms with van der Waals surface area (Å²) in [6.07, 6.45) is 4.55. The number of hydrogen-bond acceptors (Lipinski definition) is 5. The van der Waals surface area contributed by atoms with E-state index < -0.39 is 11.7 Å². The molecule has 0 aliphatic heterocycles. The molecule has 1 aromatic heterocycles. The Kier molecular flexibility index (Phi) is 10.5. The van der Waals surface area contributed by atoms with Crippen LogP contribution in [0.3, 0.4) is 0 Å². The van der Waals surface area contributed by atoms with Crippen LogP contribution < -0.4 is 16.0 Å². The van der Waals surface area contributed by atoms with Crippen LogP contribution in [0.5, 0.6) is 0 Å². The number of rotatable bonds is 10. The number of unbranched alkanes of at least 4 members (excludes halogenated alkanes) is 1. The van der Waals surface area contributed by atoms with E-state index in [1.807, 2.05) is 34.6 Å². The van der Waals surface area contributed by atoms with E-state index in [0.29, 0.717) is 6.54 Å². The van der Waals surface area contributed by atoms with E-state index >= 15 is 0 Å². The summed E-state index contributed by atoms with van der Waals surface area (Å²) in [5, 5.41) is 13.6. The van der Waals surface area contributed by atoms with Crippen molar-refractivity contribution >= 4 is 12.1 Å². The Balaban J connectivity index is 2.47. The molecule has 0 radical (unpaired) electrons. The molecule has 0 aromatic carbocycles. The highest BCUT2D eigenvalue weighted by molar-refractivity contribution is 5.80. The van der Waals surface area contributed by atoms with Crippen LogP contribution in [0.25, 0.3) is 0 Å². The van der Waals surface area contributed by atoms with Crippen molar-refractivity contribution in [2.24, 2.45) is 4.99 Å². The standard InChI is InChI=1S/C21H39N5O3/c1-8-9-11-17(14-24-20(27)28-21(4,5)6)25-19(22-7)23-13-10-12-18-15(2)26-29-16(18)3/h17H,8-14H2,1-7H3,(H,24,27)(H2,22,23,25). The molecule has 8 nitrogen and oxygen atoms in total. The van der Waals surface area contributed by atoms with Gasteiger partial charge in [-0.2, -0.15) is 0 Å². The number of amides is 1. The second-order valence-corrected chi connectivity index (χ2v) is 8.27. The molecular weight excluding hydrogens is 370 g/mol. The smallest absolute Gasteiger partial charge is 0.407 e. The van der Waals surface area contributed by atoms with Gasteiger partial charge in [0.15, 0.2) is 5.96 Å². The van der Waals surface area contributed by atoms with Crippen LogP contribution in [0.4, 0.5) is 4.79 Å². The van der Waals surface area contributed by atoms with Crippen LogP contribution >= 0.6 is 0 Å². The van der Waals surface area contributed by atoms with Gasteiger partial charge in [0, 0.05) is 31.7 Å². The van der Waals surface area contributed by atoms with Crippen LogP contribution in [0.2, 0.25) is 0 Å². The van der Waals surface area contributed by atoms with Crippen molar-refractivity contribution < 1.29 is 14.1 Å². The number of aliphatic imine (C=N–C) groups is 1. The Bertz CT molecular complexity index is 630. The number of nitrogens with one attached hydrogen (secondary N) is 3. The third kappa shape index (κ3) is 10.2. The Morgan fingerprint density at radius 1 is 1.24 bits per heavy atom. The van der Waals surface area contributed by atoms with E-state index in [9.17, 15) is 4.79 Å². The van der Waals surface area contributed by atoms with Crippen LogP contribution in [0.1, 0.15) is 70.4 Å². The zero-order valence-corrected chi connectivity index (χ0v) is 19.1. The van der Waals surface area contributed by atoms with Crippen LogP contribution in [0.15, 0.2) is 9.52 Å². The molecule has 0 bridgehead atoms. The first-order valence-electron chi connectivity index (χ1n) is 10.5. The largest absolute Gasteiger partial charge is 0.444 e. The van der Waals surface area contributed by atoms with Crippen LogP contribution in [-0.2, 0) is 11.2 Å². The monoisotopic (exact) mass is 409 g/mol. The van der Waals surface area contributed by atoms with Gasteiger partial charge in [-0.15, -0.1) is 0 Å². The van der Waals surface area contributed by atoms with Gasteiger partial charge in [-0.25, -0.2) is 4.79 Å². The van der Waals surface area contributed by atoms with Crippen molar-refractivity contribution in [3.05, 3.63) is 17.0 Å². The summed E-state index contributed by atoms with van der Waals surface area (Å²) >= 11 is 0. The lowest BCUT2D eigenvalue weighted by atomic mass is 10.1. The number of carbonyl (C=O) groups is 1. The van der Waals surface area contributed by atoms with Gasteiger partial charge < -0.3 is 25.2 Å². The molecule has 166 valence electrons. The zero-order valence-electron chi connectivity index (χ0n) is 19.1. The fourth-order valence-corrected chi connectivity index (χ4v) is 2.92. The number of carbonyl (C=O) groups excluding carboxylic acids is 1. The molecule has 0 fully saturated rings. The molecule has 1 heterocycles. The highest BCUT2D eigenvalue weighted by atomic mass is 16.6. The molecule has 0 aliphatic rings. The van der Waals surface area contributed by atoms with Crippen LogP contribution in [-0.4, -0.2) is 49.0 Å². The summed E-state index contributed by atoms with van der Waals surface area (Å²) in [5.74, 6) is 1.62. The van der Waals surface area contributed by atoms with Gasteiger partial charge in [-0.05, 0) is 53.9 Å². The van der Waals surface area contributed by atoms with E-state index in [-0.39, 0.29) is 6.04 Å². The van der Waals surface area contributed by atoms with Gasteiger partial charge in [-0.3, -0.25) is 4.99 Å². The normalized spacial score (nSPS) is 13.1. The second-order valence-electron chi connectivity index (χ2n) is 8.27. The SMILES string of the molecule is CCCCC(CNC(=O)OC(C)(C)C)NC(=NC)NCCCc1c(C)noc1C. The zero-order chi connectivity index (χ0) is 21.9. The van der Waals surface area contributed by atoms with E-state index in [0.717, 1.165) is 56.1 Å². The Morgan fingerprint density at radius 3 is 2.52 bits per heavy atom. The maximum Gasteiger partial charge on any atom is 0.407 e. The van der Waals surface area contributed by atoms with Crippen molar-refractivity contribution in [2.45, 2.75) is 85.3 Å². The maximum atomic E-state index is 12.0. The van der Waals surface area contributed by atoms with Crippen molar-refractivity contribution in [3.8, 4) is 0 Å². The minimum Gasteiger partial charge on any atom is -0.444 e. The lowest BCUT2D eigenvalue weighted by molar-refractivity contribution is 0.0522. The predicted octanol–water partition coefficient (Wildman–Crippen LogP) is 3.47. The lowest BCUT2D eigenvalue weighted by Crippen LogP contribution is -2.49. The number of ether oxygens (including phenoxy) is 1. The fraction of sp³-hybridized carbons (Fsp3) is 0.762. The summed E-state index contributed by atoms with van der Waals surface area (Å²) in [5.41, 5.74) is 1.63. The van der Waals surface area contributed by atoms with Crippen LogP contribution in [0, 0.1) is 13.8 Å². The average Bonchev–Trinajstić information content (AvgIpc) is 2.96. The summed E-state index contributed by atoms with van der Waals surface area (Å²) in [6, 6.07) is 0.0798. The first-order chi connectivity index (χ1) is 13.7. The van der Waals surface area contributed by atoms with Gasteiger partial charge in [0.2, 0.25) is 0 Å². The highest BCUT2D eigenvalue weighted by Crippen LogP contribution is 2.13. The molecule has 29 heavy (non-hydrogen) atoms. The number of guanidine groups is 1.